The van der Waals surface area contributed by atoms with Crippen molar-refractivity contribution in [3.63, 3.8) is 0 Å². The SMILES string of the molecule is CN(C)C1CCC(NC(=O)Nc2cccc3c2cc(I)n3CC(F)(F)F)CC1. The molecular weight excluding hydrogens is 484 g/mol. The number of alkyl halides is 3. The second kappa shape index (κ2) is 8.48. The second-order valence-electron chi connectivity index (χ2n) is 7.47. The van der Waals surface area contributed by atoms with Crippen LogP contribution in [0.25, 0.3) is 10.9 Å². The lowest BCUT2D eigenvalue weighted by Gasteiger charge is -2.32. The maximum Gasteiger partial charge on any atom is 0.406 e. The van der Waals surface area contributed by atoms with E-state index >= 15 is 0 Å². The summed E-state index contributed by atoms with van der Waals surface area (Å²) in [6.07, 6.45) is -0.406. The number of carbonyl (C=O) groups is 1. The molecular formula is C19H24F3IN4O. The van der Waals surface area contributed by atoms with Crippen LogP contribution in [0.2, 0.25) is 0 Å². The molecule has 1 heterocycles. The molecule has 1 aliphatic rings. The molecule has 1 aliphatic carbocycles. The van der Waals surface area contributed by atoms with E-state index in [0.717, 1.165) is 25.7 Å². The molecule has 2 amide bonds. The fraction of sp³-hybridized carbons (Fsp3) is 0.526. The van der Waals surface area contributed by atoms with Gasteiger partial charge in [-0.1, -0.05) is 6.07 Å². The minimum atomic E-state index is -4.31. The lowest BCUT2D eigenvalue weighted by atomic mass is 9.91. The molecule has 0 aliphatic heterocycles. The summed E-state index contributed by atoms with van der Waals surface area (Å²) in [5.41, 5.74) is 0.960. The molecule has 1 aromatic carbocycles. The molecule has 9 heteroatoms. The van der Waals surface area contributed by atoms with Crippen LogP contribution in [-0.2, 0) is 6.54 Å². The minimum absolute atomic E-state index is 0.116. The Balaban J connectivity index is 1.69. The summed E-state index contributed by atoms with van der Waals surface area (Å²) in [5.74, 6) is 0. The third kappa shape index (κ3) is 5.11. The van der Waals surface area contributed by atoms with Gasteiger partial charge in [0, 0.05) is 17.5 Å². The van der Waals surface area contributed by atoms with Gasteiger partial charge in [-0.3, -0.25) is 0 Å². The molecule has 28 heavy (non-hydrogen) atoms. The molecule has 3 rings (SSSR count). The molecule has 1 aromatic heterocycles. The number of halogens is 4. The van der Waals surface area contributed by atoms with Crippen molar-refractivity contribution in [3.05, 3.63) is 28.0 Å². The normalized spacial score (nSPS) is 20.5. The largest absolute Gasteiger partial charge is 0.406 e. The number of fused-ring (bicyclic) bond motifs is 1. The molecule has 0 atom stereocenters. The highest BCUT2D eigenvalue weighted by Gasteiger charge is 2.30. The summed E-state index contributed by atoms with van der Waals surface area (Å²) in [5, 5.41) is 6.40. The van der Waals surface area contributed by atoms with E-state index in [1.807, 2.05) is 22.6 Å². The topological polar surface area (TPSA) is 49.3 Å². The van der Waals surface area contributed by atoms with E-state index in [1.54, 1.807) is 24.3 Å². The van der Waals surface area contributed by atoms with Gasteiger partial charge < -0.3 is 20.1 Å². The Morgan fingerprint density at radius 2 is 1.93 bits per heavy atom. The zero-order valence-corrected chi connectivity index (χ0v) is 18.0. The smallest absolute Gasteiger partial charge is 0.335 e. The molecule has 0 radical (unpaired) electrons. The molecule has 2 aromatic rings. The molecule has 2 N–H and O–H groups in total. The van der Waals surface area contributed by atoms with E-state index in [0.29, 0.717) is 26.3 Å². The Morgan fingerprint density at radius 3 is 2.54 bits per heavy atom. The van der Waals surface area contributed by atoms with Crippen LogP contribution in [0.1, 0.15) is 25.7 Å². The summed E-state index contributed by atoms with van der Waals surface area (Å²) in [4.78, 5) is 14.7. The Labute approximate surface area is 175 Å². The van der Waals surface area contributed by atoms with Crippen molar-refractivity contribution in [2.75, 3.05) is 19.4 Å². The maximum absolute atomic E-state index is 12.9. The fourth-order valence-electron chi connectivity index (χ4n) is 3.78. The van der Waals surface area contributed by atoms with E-state index in [9.17, 15) is 18.0 Å². The van der Waals surface area contributed by atoms with Crippen molar-refractivity contribution in [2.45, 2.75) is 50.5 Å². The van der Waals surface area contributed by atoms with Crippen molar-refractivity contribution in [3.8, 4) is 0 Å². The van der Waals surface area contributed by atoms with Gasteiger partial charge in [-0.15, -0.1) is 0 Å². The van der Waals surface area contributed by atoms with E-state index in [-0.39, 0.29) is 12.1 Å². The summed E-state index contributed by atoms with van der Waals surface area (Å²) < 4.78 is 40.3. The van der Waals surface area contributed by atoms with E-state index in [2.05, 4.69) is 29.6 Å². The van der Waals surface area contributed by atoms with Crippen LogP contribution >= 0.6 is 22.6 Å². The van der Waals surface area contributed by atoms with Crippen molar-refractivity contribution in [2.24, 2.45) is 0 Å². The third-order valence-corrected chi connectivity index (χ3v) is 6.14. The van der Waals surface area contributed by atoms with Gasteiger partial charge in [0.1, 0.15) is 6.54 Å². The van der Waals surface area contributed by atoms with Gasteiger partial charge >= 0.3 is 12.2 Å². The Hall–Kier alpha value is -1.49. The number of hydrogen-bond acceptors (Lipinski definition) is 2. The highest BCUT2D eigenvalue weighted by molar-refractivity contribution is 14.1. The highest BCUT2D eigenvalue weighted by atomic mass is 127. The lowest BCUT2D eigenvalue weighted by Crippen LogP contribution is -2.43. The number of benzene rings is 1. The second-order valence-corrected chi connectivity index (χ2v) is 8.58. The van der Waals surface area contributed by atoms with E-state index in [4.69, 9.17) is 0 Å². The highest BCUT2D eigenvalue weighted by Crippen LogP contribution is 2.31. The Kier molecular flexibility index (Phi) is 6.43. The molecule has 0 unspecified atom stereocenters. The molecule has 0 saturated heterocycles. The van der Waals surface area contributed by atoms with Crippen LogP contribution < -0.4 is 10.6 Å². The molecule has 154 valence electrons. The minimum Gasteiger partial charge on any atom is -0.335 e. The maximum atomic E-state index is 12.9. The first-order valence-electron chi connectivity index (χ1n) is 9.22. The standard InChI is InChI=1S/C19H24F3IN4O/c1-26(2)13-8-6-12(7-9-13)24-18(28)25-15-4-3-5-16-14(15)10-17(23)27(16)11-19(20,21)22/h3-5,10,12-13H,6-9,11H2,1-2H3,(H2,24,25,28). The van der Waals surface area contributed by atoms with Gasteiger partial charge in [0.25, 0.3) is 0 Å². The van der Waals surface area contributed by atoms with Gasteiger partial charge in [0.05, 0.1) is 14.9 Å². The average Bonchev–Trinajstić information content (AvgIpc) is 2.91. The number of rotatable bonds is 4. The van der Waals surface area contributed by atoms with Crippen LogP contribution in [0.3, 0.4) is 0 Å². The molecule has 0 spiro atoms. The predicted molar refractivity (Wildman–Crippen MR) is 113 cm³/mol. The molecule has 5 nitrogen and oxygen atoms in total. The lowest BCUT2D eigenvalue weighted by molar-refractivity contribution is -0.140. The van der Waals surface area contributed by atoms with Gasteiger partial charge in [-0.2, -0.15) is 13.2 Å². The number of urea groups is 1. The zero-order valence-electron chi connectivity index (χ0n) is 15.8. The van der Waals surface area contributed by atoms with Crippen LogP contribution in [0.15, 0.2) is 24.3 Å². The van der Waals surface area contributed by atoms with E-state index in [1.165, 1.54) is 4.57 Å². The van der Waals surface area contributed by atoms with Crippen LogP contribution in [0.5, 0.6) is 0 Å². The summed E-state index contributed by atoms with van der Waals surface area (Å²) >= 11 is 1.89. The van der Waals surface area contributed by atoms with Crippen molar-refractivity contribution in [1.29, 1.82) is 0 Å². The van der Waals surface area contributed by atoms with Crippen molar-refractivity contribution < 1.29 is 18.0 Å². The number of nitrogens with one attached hydrogen (secondary N) is 2. The van der Waals surface area contributed by atoms with Gasteiger partial charge in [-0.25, -0.2) is 4.79 Å². The average molecular weight is 508 g/mol. The molecule has 1 fully saturated rings. The molecule has 1 saturated carbocycles. The Bertz CT molecular complexity index is 842. The third-order valence-electron chi connectivity index (χ3n) is 5.24. The Morgan fingerprint density at radius 1 is 1.25 bits per heavy atom. The quantitative estimate of drug-likeness (QED) is 0.584. The summed E-state index contributed by atoms with van der Waals surface area (Å²) in [7, 11) is 4.14. The van der Waals surface area contributed by atoms with Gasteiger partial charge in [0.2, 0.25) is 0 Å². The fourth-order valence-corrected chi connectivity index (χ4v) is 4.52. The number of aromatic nitrogens is 1. The zero-order chi connectivity index (χ0) is 20.5. The number of carbonyl (C=O) groups excluding carboxylic acids is 1. The first-order chi connectivity index (χ1) is 13.1. The number of hydrogen-bond donors (Lipinski definition) is 2. The monoisotopic (exact) mass is 508 g/mol. The van der Waals surface area contributed by atoms with Crippen LogP contribution in [0.4, 0.5) is 23.7 Å². The van der Waals surface area contributed by atoms with Crippen molar-refractivity contribution >= 4 is 45.2 Å². The van der Waals surface area contributed by atoms with Crippen molar-refractivity contribution in [1.82, 2.24) is 14.8 Å². The van der Waals surface area contributed by atoms with Crippen LogP contribution in [0, 0.1) is 3.70 Å². The summed E-state index contributed by atoms with van der Waals surface area (Å²) in [6, 6.07) is 7.01. The van der Waals surface area contributed by atoms with Crippen LogP contribution in [-0.4, -0.2) is 47.9 Å². The van der Waals surface area contributed by atoms with Gasteiger partial charge in [0.15, 0.2) is 0 Å². The number of nitrogens with zero attached hydrogens (tertiary/aromatic N) is 2. The summed E-state index contributed by atoms with van der Waals surface area (Å²) in [6.45, 7) is -1.06. The number of amides is 2. The molecule has 0 bridgehead atoms. The first kappa shape index (κ1) is 21.2. The van der Waals surface area contributed by atoms with E-state index < -0.39 is 12.7 Å². The van der Waals surface area contributed by atoms with Gasteiger partial charge in [-0.05, 0) is 80.6 Å². The number of anilines is 1. The first-order valence-corrected chi connectivity index (χ1v) is 10.3. The predicted octanol–water partition coefficient (Wildman–Crippen LogP) is 4.80.